The molecule has 0 bridgehead atoms. The van der Waals surface area contributed by atoms with Crippen LogP contribution in [0.5, 0.6) is 0 Å². The lowest BCUT2D eigenvalue weighted by atomic mass is 10.0. The van der Waals surface area contributed by atoms with Crippen molar-refractivity contribution >= 4 is 11.8 Å². The van der Waals surface area contributed by atoms with Crippen molar-refractivity contribution in [3.63, 3.8) is 0 Å². The van der Waals surface area contributed by atoms with E-state index in [1.165, 1.54) is 12.5 Å². The maximum Gasteiger partial charge on any atom is 0.257 e. The monoisotopic (exact) mass is 305 g/mol. The highest BCUT2D eigenvalue weighted by Crippen LogP contribution is 2.37. The first-order chi connectivity index (χ1) is 10.5. The van der Waals surface area contributed by atoms with Gasteiger partial charge in [-0.2, -0.15) is 0 Å². The molecule has 120 valence electrons. The van der Waals surface area contributed by atoms with E-state index in [0.717, 1.165) is 6.42 Å². The molecule has 1 aromatic rings. The molecule has 2 amide bonds. The quantitative estimate of drug-likeness (QED) is 0.903. The van der Waals surface area contributed by atoms with Crippen LogP contribution in [0.15, 0.2) is 23.0 Å². The van der Waals surface area contributed by atoms with Gasteiger partial charge in [0.25, 0.3) is 5.91 Å². The number of hydrogen-bond acceptors (Lipinski definition) is 4. The first-order valence-corrected chi connectivity index (χ1v) is 7.83. The average molecular weight is 305 g/mol. The largest absolute Gasteiger partial charge is 0.472 e. The van der Waals surface area contributed by atoms with Crippen LogP contribution in [0, 0.1) is 5.92 Å². The van der Waals surface area contributed by atoms with Crippen LogP contribution >= 0.6 is 0 Å². The fourth-order valence-corrected chi connectivity index (χ4v) is 3.95. The van der Waals surface area contributed by atoms with Crippen molar-refractivity contribution < 1.29 is 14.0 Å². The predicted molar refractivity (Wildman–Crippen MR) is 81.3 cm³/mol. The Kier molecular flexibility index (Phi) is 3.95. The van der Waals surface area contributed by atoms with Crippen molar-refractivity contribution in [3.8, 4) is 0 Å². The van der Waals surface area contributed by atoms with E-state index in [2.05, 4.69) is 24.1 Å². The van der Waals surface area contributed by atoms with Gasteiger partial charge in [0.2, 0.25) is 5.91 Å². The fourth-order valence-electron chi connectivity index (χ4n) is 3.95. The van der Waals surface area contributed by atoms with Gasteiger partial charge in [-0.1, -0.05) is 0 Å². The van der Waals surface area contributed by atoms with E-state index >= 15 is 0 Å². The number of hydrogen-bond donors (Lipinski definition) is 1. The van der Waals surface area contributed by atoms with Crippen LogP contribution < -0.4 is 5.32 Å². The first-order valence-electron chi connectivity index (χ1n) is 7.83. The molecule has 2 saturated heterocycles. The molecule has 0 spiro atoms. The molecule has 6 nitrogen and oxygen atoms in total. The molecule has 0 aliphatic carbocycles. The van der Waals surface area contributed by atoms with Crippen molar-refractivity contribution in [3.05, 3.63) is 24.2 Å². The van der Waals surface area contributed by atoms with Crippen molar-refractivity contribution in [2.75, 3.05) is 20.1 Å². The molecule has 0 radical (unpaired) electrons. The maximum absolute atomic E-state index is 12.5. The lowest BCUT2D eigenvalue weighted by molar-refractivity contribution is -0.126. The zero-order valence-electron chi connectivity index (χ0n) is 13.3. The van der Waals surface area contributed by atoms with Crippen LogP contribution in [0.2, 0.25) is 0 Å². The Morgan fingerprint density at radius 2 is 2.14 bits per heavy atom. The molecule has 1 N–H and O–H groups in total. The zero-order chi connectivity index (χ0) is 15.9. The number of amides is 2. The lowest BCUT2D eigenvalue weighted by Crippen LogP contribution is -2.50. The summed E-state index contributed by atoms with van der Waals surface area (Å²) in [6.07, 6.45) is 3.83. The highest BCUT2D eigenvalue weighted by Gasteiger charge is 2.50. The van der Waals surface area contributed by atoms with Crippen molar-refractivity contribution in [1.29, 1.82) is 0 Å². The highest BCUT2D eigenvalue weighted by atomic mass is 16.3. The predicted octanol–water partition coefficient (Wildman–Crippen LogP) is 0.949. The minimum Gasteiger partial charge on any atom is -0.472 e. The molecule has 6 heteroatoms. The molecule has 0 saturated carbocycles. The number of likely N-dealkylation sites (N-methyl/N-ethyl adjacent to an activating group) is 1. The molecular weight excluding hydrogens is 282 g/mol. The van der Waals surface area contributed by atoms with Crippen LogP contribution in [0.1, 0.15) is 30.6 Å². The fraction of sp³-hybridized carbons (Fsp3) is 0.625. The summed E-state index contributed by atoms with van der Waals surface area (Å²) in [5.74, 6) is 0.458. The van der Waals surface area contributed by atoms with Gasteiger partial charge in [-0.05, 0) is 32.3 Å². The summed E-state index contributed by atoms with van der Waals surface area (Å²) in [6.45, 7) is 5.61. The number of carbonyl (C=O) groups excluding carboxylic acids is 2. The van der Waals surface area contributed by atoms with E-state index in [1.807, 2.05) is 4.90 Å². The van der Waals surface area contributed by atoms with E-state index in [-0.39, 0.29) is 29.9 Å². The summed E-state index contributed by atoms with van der Waals surface area (Å²) in [4.78, 5) is 28.7. The van der Waals surface area contributed by atoms with Gasteiger partial charge in [-0.15, -0.1) is 0 Å². The van der Waals surface area contributed by atoms with Gasteiger partial charge in [0.1, 0.15) is 6.26 Å². The molecule has 2 aliphatic heterocycles. The number of fused-ring (bicyclic) bond motifs is 1. The Balaban J connectivity index is 1.75. The van der Waals surface area contributed by atoms with E-state index in [4.69, 9.17) is 4.42 Å². The van der Waals surface area contributed by atoms with Gasteiger partial charge in [0.05, 0.1) is 17.9 Å². The topological polar surface area (TPSA) is 65.8 Å². The standard InChI is InChI=1S/C16H23N3O3/c1-10(2)19-13(15(20)17-3)6-12-7-18(8-14(12)19)16(21)11-4-5-22-9-11/h4-5,9-10,12-14H,6-8H2,1-3H3,(H,17,20)/t12-,13-,14+/m0/s1. The van der Waals surface area contributed by atoms with E-state index in [9.17, 15) is 9.59 Å². The number of furan rings is 1. The SMILES string of the molecule is CNC(=O)[C@@H]1C[C@H]2CN(C(=O)c3ccoc3)C[C@H]2N1C(C)C. The molecule has 2 fully saturated rings. The summed E-state index contributed by atoms with van der Waals surface area (Å²) in [5, 5.41) is 2.76. The minimum atomic E-state index is -0.0776. The highest BCUT2D eigenvalue weighted by molar-refractivity contribution is 5.94. The second-order valence-corrected chi connectivity index (χ2v) is 6.46. The third-order valence-corrected chi connectivity index (χ3v) is 4.88. The normalized spacial score (nSPS) is 28.2. The molecule has 1 aromatic heterocycles. The average Bonchev–Trinajstić information content (AvgIpc) is 3.19. The van der Waals surface area contributed by atoms with Crippen LogP contribution in [0.3, 0.4) is 0 Å². The van der Waals surface area contributed by atoms with Gasteiger partial charge in [-0.3, -0.25) is 14.5 Å². The summed E-state index contributed by atoms with van der Waals surface area (Å²) >= 11 is 0. The summed E-state index contributed by atoms with van der Waals surface area (Å²) < 4.78 is 5.00. The molecule has 3 atom stereocenters. The van der Waals surface area contributed by atoms with Gasteiger partial charge in [-0.25, -0.2) is 0 Å². The van der Waals surface area contributed by atoms with E-state index in [0.29, 0.717) is 24.6 Å². The molecule has 3 heterocycles. The van der Waals surface area contributed by atoms with Gasteiger partial charge >= 0.3 is 0 Å². The van der Waals surface area contributed by atoms with Crippen LogP contribution in [-0.4, -0.2) is 59.9 Å². The number of nitrogens with zero attached hydrogens (tertiary/aromatic N) is 2. The van der Waals surface area contributed by atoms with Crippen LogP contribution in [0.4, 0.5) is 0 Å². The molecule has 0 unspecified atom stereocenters. The number of nitrogens with one attached hydrogen (secondary N) is 1. The Hall–Kier alpha value is -1.82. The Morgan fingerprint density at radius 3 is 2.73 bits per heavy atom. The third kappa shape index (κ3) is 2.41. The molecule has 3 rings (SSSR count). The number of rotatable bonds is 3. The van der Waals surface area contributed by atoms with Crippen LogP contribution in [0.25, 0.3) is 0 Å². The zero-order valence-corrected chi connectivity index (χ0v) is 13.3. The number of carbonyl (C=O) groups is 2. The van der Waals surface area contributed by atoms with Crippen LogP contribution in [-0.2, 0) is 4.79 Å². The molecular formula is C16H23N3O3. The van der Waals surface area contributed by atoms with Gasteiger partial charge in [0.15, 0.2) is 0 Å². The smallest absolute Gasteiger partial charge is 0.257 e. The first kappa shape index (κ1) is 15.1. The summed E-state index contributed by atoms with van der Waals surface area (Å²) in [7, 11) is 1.68. The maximum atomic E-state index is 12.5. The molecule has 0 aromatic carbocycles. The molecule has 2 aliphatic rings. The lowest BCUT2D eigenvalue weighted by Gasteiger charge is -2.33. The van der Waals surface area contributed by atoms with E-state index in [1.54, 1.807) is 13.1 Å². The van der Waals surface area contributed by atoms with Gasteiger partial charge < -0.3 is 14.6 Å². The minimum absolute atomic E-state index is 0.0170. The Morgan fingerprint density at radius 1 is 1.36 bits per heavy atom. The molecule has 22 heavy (non-hydrogen) atoms. The second kappa shape index (κ2) is 5.76. The summed E-state index contributed by atoms with van der Waals surface area (Å²) in [5.41, 5.74) is 0.596. The second-order valence-electron chi connectivity index (χ2n) is 6.46. The number of likely N-dealkylation sites (tertiary alicyclic amines) is 2. The van der Waals surface area contributed by atoms with E-state index < -0.39 is 0 Å². The third-order valence-electron chi connectivity index (χ3n) is 4.88. The Bertz CT molecular complexity index is 555. The Labute approximate surface area is 130 Å². The summed E-state index contributed by atoms with van der Waals surface area (Å²) in [6, 6.07) is 2.16. The van der Waals surface area contributed by atoms with Crippen molar-refractivity contribution in [2.45, 2.75) is 38.4 Å². The van der Waals surface area contributed by atoms with Crippen molar-refractivity contribution in [2.24, 2.45) is 5.92 Å². The van der Waals surface area contributed by atoms with Gasteiger partial charge in [0, 0.05) is 32.2 Å². The van der Waals surface area contributed by atoms with Crippen molar-refractivity contribution in [1.82, 2.24) is 15.1 Å².